The highest BCUT2D eigenvalue weighted by atomic mass is 79.9. The zero-order valence-corrected chi connectivity index (χ0v) is 24.7. The monoisotopic (exact) mass is 658 g/mol. The van der Waals surface area contributed by atoms with Crippen molar-refractivity contribution in [1.29, 1.82) is 0 Å². The summed E-state index contributed by atoms with van der Waals surface area (Å²) in [4.78, 5) is 29.6. The van der Waals surface area contributed by atoms with E-state index >= 15 is 0 Å². The Balaban J connectivity index is 1.42. The number of fused-ring (bicyclic) bond motifs is 2. The molecule has 0 fully saturated rings. The van der Waals surface area contributed by atoms with Crippen LogP contribution in [0.25, 0.3) is 33.5 Å². The molecule has 6 rings (SSSR count). The van der Waals surface area contributed by atoms with Crippen LogP contribution >= 0.6 is 27.5 Å². The number of nitro benzene ring substituents is 1. The summed E-state index contributed by atoms with van der Waals surface area (Å²) in [6, 6.07) is 24.0. The number of halogens is 2. The van der Waals surface area contributed by atoms with Crippen molar-refractivity contribution >= 4 is 61.3 Å². The Hall–Kier alpha value is -5.00. The molecular weight excluding hydrogens is 640 g/mol. The molecule has 0 N–H and O–H groups in total. The second-order valence-electron chi connectivity index (χ2n) is 9.32. The van der Waals surface area contributed by atoms with E-state index in [2.05, 4.69) is 26.0 Å². The van der Waals surface area contributed by atoms with Gasteiger partial charge >= 0.3 is 5.69 Å². The predicted octanol–water partition coefficient (Wildman–Crippen LogP) is 7.60. The number of hydrogen-bond acceptors (Lipinski definition) is 8. The molecule has 0 unspecified atom stereocenters. The fourth-order valence-electron chi connectivity index (χ4n) is 4.53. The third-order valence-electron chi connectivity index (χ3n) is 6.58. The van der Waals surface area contributed by atoms with Gasteiger partial charge in [-0.1, -0.05) is 57.9 Å². The van der Waals surface area contributed by atoms with Crippen LogP contribution in [0.2, 0.25) is 5.02 Å². The van der Waals surface area contributed by atoms with Gasteiger partial charge in [0, 0.05) is 16.1 Å². The van der Waals surface area contributed by atoms with Crippen LogP contribution in [0, 0.1) is 10.1 Å². The fraction of sp³-hybridized carbons (Fsp3) is 0.0645. The molecule has 4 aromatic carbocycles. The number of nitrogens with zero attached hydrogens (tertiary/aromatic N) is 4. The summed E-state index contributed by atoms with van der Waals surface area (Å²) >= 11 is 9.83. The fourth-order valence-corrected chi connectivity index (χ4v) is 5.07. The van der Waals surface area contributed by atoms with E-state index < -0.39 is 10.5 Å². The molecule has 0 saturated carbocycles. The molecule has 0 atom stereocenters. The molecule has 0 aliphatic carbocycles. The van der Waals surface area contributed by atoms with Crippen LogP contribution < -0.4 is 15.0 Å². The largest absolute Gasteiger partial charge is 0.496 e. The summed E-state index contributed by atoms with van der Waals surface area (Å²) in [5.74, 6) is 0.928. The highest BCUT2D eigenvalue weighted by Crippen LogP contribution is 2.37. The smallest absolute Gasteiger partial charge is 0.313 e. The van der Waals surface area contributed by atoms with Crippen LogP contribution in [0.4, 0.5) is 5.69 Å². The minimum atomic E-state index is -0.586. The molecule has 0 radical (unpaired) electrons. The van der Waals surface area contributed by atoms with E-state index in [1.54, 1.807) is 55.6 Å². The number of hydrogen-bond donors (Lipinski definition) is 0. The molecular formula is C31H20BrClN4O6. The van der Waals surface area contributed by atoms with Crippen LogP contribution in [0.15, 0.2) is 104 Å². The second-order valence-corrected chi connectivity index (χ2v) is 10.6. The van der Waals surface area contributed by atoms with E-state index in [-0.39, 0.29) is 40.2 Å². The first kappa shape index (κ1) is 28.1. The molecule has 214 valence electrons. The lowest BCUT2D eigenvalue weighted by atomic mass is 10.2. The number of benzene rings is 4. The first-order valence-electron chi connectivity index (χ1n) is 12.8. The standard InChI is InChI=1S/C31H20BrClN4O6/c1-41-26-7-4-8-27-22(26)15-28(43-27)30-35-24-6-3-2-5-21(24)31(38)36(30)34-16-19-13-23(33)29(25(14-19)37(39)40)42-17-18-9-11-20(32)12-10-18/h2-16H,17H2,1H3. The van der Waals surface area contributed by atoms with Crippen molar-refractivity contribution in [2.24, 2.45) is 5.10 Å². The predicted molar refractivity (Wildman–Crippen MR) is 167 cm³/mol. The number of rotatable bonds is 8. The van der Waals surface area contributed by atoms with Gasteiger partial charge in [0.1, 0.15) is 17.9 Å². The Bertz CT molecular complexity index is 2110. The number of ether oxygens (including phenoxy) is 2. The molecule has 0 amide bonds. The Kier molecular flexibility index (Phi) is 7.66. The third-order valence-corrected chi connectivity index (χ3v) is 7.39. The van der Waals surface area contributed by atoms with Gasteiger partial charge in [0.2, 0.25) is 11.6 Å². The Morgan fingerprint density at radius 1 is 1.07 bits per heavy atom. The Labute approximate surface area is 257 Å². The van der Waals surface area contributed by atoms with Gasteiger partial charge in [-0.15, -0.1) is 0 Å². The first-order valence-corrected chi connectivity index (χ1v) is 14.0. The second kappa shape index (κ2) is 11.7. The van der Waals surface area contributed by atoms with Crippen molar-refractivity contribution in [2.45, 2.75) is 6.61 Å². The maximum atomic E-state index is 13.6. The topological polar surface area (TPSA) is 122 Å². The summed E-state index contributed by atoms with van der Waals surface area (Å²) in [5, 5.41) is 17.4. The highest BCUT2D eigenvalue weighted by Gasteiger charge is 2.22. The van der Waals surface area contributed by atoms with Gasteiger partial charge in [-0.3, -0.25) is 14.9 Å². The quantitative estimate of drug-likeness (QED) is 0.0937. The van der Waals surface area contributed by atoms with Crippen LogP contribution in [-0.4, -0.2) is 27.9 Å². The summed E-state index contributed by atoms with van der Waals surface area (Å²) in [7, 11) is 1.55. The summed E-state index contributed by atoms with van der Waals surface area (Å²) in [5.41, 5.74) is 1.25. The molecule has 10 nitrogen and oxygen atoms in total. The van der Waals surface area contributed by atoms with Crippen molar-refractivity contribution in [3.05, 3.63) is 126 Å². The van der Waals surface area contributed by atoms with E-state index in [0.29, 0.717) is 27.6 Å². The van der Waals surface area contributed by atoms with Gasteiger partial charge in [-0.05, 0) is 54.1 Å². The van der Waals surface area contributed by atoms with Gasteiger partial charge in [0.05, 0.1) is 39.6 Å². The number of nitro groups is 1. The van der Waals surface area contributed by atoms with Crippen molar-refractivity contribution in [3.63, 3.8) is 0 Å². The molecule has 0 bridgehead atoms. The van der Waals surface area contributed by atoms with Crippen LogP contribution in [0.1, 0.15) is 11.1 Å². The van der Waals surface area contributed by atoms with E-state index in [4.69, 9.17) is 25.5 Å². The average molecular weight is 660 g/mol. The Morgan fingerprint density at radius 3 is 2.63 bits per heavy atom. The molecule has 2 aromatic heterocycles. The molecule has 0 aliphatic heterocycles. The number of para-hydroxylation sites is 1. The maximum absolute atomic E-state index is 13.6. The van der Waals surface area contributed by atoms with Crippen molar-refractivity contribution in [2.75, 3.05) is 7.11 Å². The molecule has 6 aromatic rings. The summed E-state index contributed by atoms with van der Waals surface area (Å²) < 4.78 is 19.2. The molecule has 43 heavy (non-hydrogen) atoms. The van der Waals surface area contributed by atoms with E-state index in [9.17, 15) is 14.9 Å². The van der Waals surface area contributed by atoms with Crippen molar-refractivity contribution in [3.8, 4) is 23.1 Å². The first-order chi connectivity index (χ1) is 20.8. The molecule has 2 heterocycles. The zero-order chi connectivity index (χ0) is 30.1. The minimum Gasteiger partial charge on any atom is -0.496 e. The van der Waals surface area contributed by atoms with Crippen LogP contribution in [0.3, 0.4) is 0 Å². The van der Waals surface area contributed by atoms with Crippen molar-refractivity contribution < 1.29 is 18.8 Å². The van der Waals surface area contributed by atoms with Gasteiger partial charge < -0.3 is 13.9 Å². The third kappa shape index (κ3) is 5.60. The number of methoxy groups -OCH3 is 1. The highest BCUT2D eigenvalue weighted by molar-refractivity contribution is 9.10. The lowest BCUT2D eigenvalue weighted by molar-refractivity contribution is -0.385. The van der Waals surface area contributed by atoms with Gasteiger partial charge in [-0.2, -0.15) is 9.78 Å². The van der Waals surface area contributed by atoms with E-state index in [1.807, 2.05) is 24.3 Å². The van der Waals surface area contributed by atoms with E-state index in [1.165, 1.54) is 18.3 Å². The molecule has 0 aliphatic rings. The molecule has 12 heteroatoms. The molecule has 0 spiro atoms. The van der Waals surface area contributed by atoms with Gasteiger partial charge in [0.15, 0.2) is 5.76 Å². The summed E-state index contributed by atoms with van der Waals surface area (Å²) in [6.07, 6.45) is 1.29. The van der Waals surface area contributed by atoms with Crippen molar-refractivity contribution in [1.82, 2.24) is 9.66 Å². The minimum absolute atomic E-state index is 0.0151. The molecule has 0 saturated heterocycles. The van der Waals surface area contributed by atoms with Crippen LogP contribution in [0.5, 0.6) is 11.5 Å². The SMILES string of the molecule is COc1cccc2oc(-c3nc4ccccc4c(=O)n3N=Cc3cc(Cl)c(OCc4ccc(Br)cc4)c([N+](=O)[O-])c3)cc12. The van der Waals surface area contributed by atoms with Gasteiger partial charge in [0.25, 0.3) is 5.56 Å². The lowest BCUT2D eigenvalue weighted by Crippen LogP contribution is -2.20. The van der Waals surface area contributed by atoms with Gasteiger partial charge in [-0.25, -0.2) is 4.98 Å². The zero-order valence-electron chi connectivity index (χ0n) is 22.4. The average Bonchev–Trinajstić information content (AvgIpc) is 3.45. The van der Waals surface area contributed by atoms with Crippen LogP contribution in [-0.2, 0) is 6.61 Å². The number of aromatic nitrogens is 2. The lowest BCUT2D eigenvalue weighted by Gasteiger charge is -2.10. The summed E-state index contributed by atoms with van der Waals surface area (Å²) in [6.45, 7) is 0.0745. The normalized spacial score (nSPS) is 11.4. The van der Waals surface area contributed by atoms with E-state index in [0.717, 1.165) is 14.7 Å². The maximum Gasteiger partial charge on any atom is 0.313 e. The number of furan rings is 1. The Morgan fingerprint density at radius 2 is 1.86 bits per heavy atom.